The molecule has 1 heterocycles. The van der Waals surface area contributed by atoms with E-state index < -0.39 is 6.10 Å². The second kappa shape index (κ2) is 10.1. The summed E-state index contributed by atoms with van der Waals surface area (Å²) in [5.41, 5.74) is 1.06. The number of amides is 1. The Kier molecular flexibility index (Phi) is 7.76. The van der Waals surface area contributed by atoms with Crippen molar-refractivity contribution in [2.75, 3.05) is 45.9 Å². The maximum absolute atomic E-state index is 11.7. The molecule has 2 rings (SSSR count). The predicted octanol–water partition coefficient (Wildman–Crippen LogP) is 1.93. The third-order valence-electron chi connectivity index (χ3n) is 4.14. The molecule has 0 radical (unpaired) electrons. The van der Waals surface area contributed by atoms with Gasteiger partial charge in [-0.2, -0.15) is 0 Å². The van der Waals surface area contributed by atoms with Crippen LogP contribution in [0.3, 0.4) is 0 Å². The first-order chi connectivity index (χ1) is 12.1. The molecular weight excluding hydrogens is 320 g/mol. The lowest BCUT2D eigenvalue weighted by Gasteiger charge is -2.34. The van der Waals surface area contributed by atoms with Crippen molar-refractivity contribution >= 4 is 6.09 Å². The molecule has 1 aliphatic heterocycles. The van der Waals surface area contributed by atoms with E-state index in [0.717, 1.165) is 30.8 Å². The van der Waals surface area contributed by atoms with Gasteiger partial charge in [-0.25, -0.2) is 4.79 Å². The van der Waals surface area contributed by atoms with Crippen molar-refractivity contribution in [3.8, 4) is 5.75 Å². The first-order valence-electron chi connectivity index (χ1n) is 8.77. The predicted molar refractivity (Wildman–Crippen MR) is 96.9 cm³/mol. The molecule has 138 valence electrons. The Balaban J connectivity index is 1.74. The van der Waals surface area contributed by atoms with Crippen molar-refractivity contribution in [1.29, 1.82) is 0 Å². The molecule has 0 unspecified atom stereocenters. The highest BCUT2D eigenvalue weighted by Crippen LogP contribution is 2.19. The monoisotopic (exact) mass is 348 g/mol. The van der Waals surface area contributed by atoms with Crippen LogP contribution in [-0.4, -0.2) is 73.0 Å². The van der Waals surface area contributed by atoms with Crippen LogP contribution >= 0.6 is 0 Å². The van der Waals surface area contributed by atoms with Crippen molar-refractivity contribution in [3.63, 3.8) is 0 Å². The minimum atomic E-state index is -0.578. The van der Waals surface area contributed by atoms with E-state index in [4.69, 9.17) is 9.47 Å². The Morgan fingerprint density at radius 1 is 1.32 bits per heavy atom. The first-order valence-corrected chi connectivity index (χ1v) is 8.77. The van der Waals surface area contributed by atoms with E-state index in [2.05, 4.69) is 11.5 Å². The van der Waals surface area contributed by atoms with Crippen LogP contribution in [0.15, 0.2) is 36.9 Å². The van der Waals surface area contributed by atoms with E-state index >= 15 is 0 Å². The van der Waals surface area contributed by atoms with Crippen LogP contribution in [-0.2, 0) is 11.2 Å². The molecule has 0 aliphatic carbocycles. The zero-order valence-corrected chi connectivity index (χ0v) is 14.9. The molecule has 1 aromatic rings. The highest BCUT2D eigenvalue weighted by molar-refractivity contribution is 5.67. The molecule has 6 nitrogen and oxygen atoms in total. The highest BCUT2D eigenvalue weighted by atomic mass is 16.6. The molecule has 0 bridgehead atoms. The summed E-state index contributed by atoms with van der Waals surface area (Å²) in [4.78, 5) is 15.5. The maximum atomic E-state index is 11.7. The van der Waals surface area contributed by atoms with Gasteiger partial charge in [0, 0.05) is 32.7 Å². The Hall–Kier alpha value is -2.05. The van der Waals surface area contributed by atoms with Crippen molar-refractivity contribution in [1.82, 2.24) is 9.80 Å². The van der Waals surface area contributed by atoms with Crippen LogP contribution in [0.1, 0.15) is 12.5 Å². The number of hydrogen-bond acceptors (Lipinski definition) is 5. The number of aliphatic hydroxyl groups is 1. The molecule has 0 aromatic heterocycles. The van der Waals surface area contributed by atoms with Crippen molar-refractivity contribution in [3.05, 3.63) is 42.5 Å². The van der Waals surface area contributed by atoms with Gasteiger partial charge in [-0.15, -0.1) is 6.58 Å². The molecule has 1 amide bonds. The van der Waals surface area contributed by atoms with E-state index in [-0.39, 0.29) is 12.7 Å². The Bertz CT molecular complexity index is 556. The van der Waals surface area contributed by atoms with Gasteiger partial charge < -0.3 is 19.5 Å². The number of piperazine rings is 1. The number of hydrogen-bond donors (Lipinski definition) is 1. The standard InChI is InChI=1S/C19H28N2O4/c1-3-7-16-8-5-6-9-18(16)25-15-17(22)14-20-10-12-21(13-11-20)19(23)24-4-2/h3,5-6,8-9,17,22H,1,4,7,10-15H2,2H3/t17-/m0/s1. The van der Waals surface area contributed by atoms with Gasteiger partial charge in [0.2, 0.25) is 0 Å². The lowest BCUT2D eigenvalue weighted by Crippen LogP contribution is -2.51. The van der Waals surface area contributed by atoms with Crippen LogP contribution in [0.25, 0.3) is 0 Å². The normalized spacial score (nSPS) is 16.3. The number of allylic oxidation sites excluding steroid dienone is 1. The average molecular weight is 348 g/mol. The third-order valence-corrected chi connectivity index (χ3v) is 4.14. The fraction of sp³-hybridized carbons (Fsp3) is 0.526. The Morgan fingerprint density at radius 3 is 2.72 bits per heavy atom. The molecule has 1 aliphatic rings. The van der Waals surface area contributed by atoms with Gasteiger partial charge in [0.25, 0.3) is 0 Å². The maximum Gasteiger partial charge on any atom is 0.409 e. The molecule has 1 N–H and O–H groups in total. The van der Waals surface area contributed by atoms with E-state index in [1.165, 1.54) is 0 Å². The van der Waals surface area contributed by atoms with Gasteiger partial charge in [0.05, 0.1) is 6.61 Å². The van der Waals surface area contributed by atoms with Crippen LogP contribution in [0, 0.1) is 0 Å². The van der Waals surface area contributed by atoms with Crippen LogP contribution in [0.4, 0.5) is 4.79 Å². The summed E-state index contributed by atoms with van der Waals surface area (Å²) < 4.78 is 10.8. The van der Waals surface area contributed by atoms with E-state index in [1.54, 1.807) is 11.8 Å². The number of carbonyl (C=O) groups is 1. The molecular formula is C19H28N2O4. The summed E-state index contributed by atoms with van der Waals surface area (Å²) >= 11 is 0. The first kappa shape index (κ1) is 19.3. The van der Waals surface area contributed by atoms with E-state index in [9.17, 15) is 9.90 Å². The van der Waals surface area contributed by atoms with Gasteiger partial charge in [-0.3, -0.25) is 4.90 Å². The van der Waals surface area contributed by atoms with Gasteiger partial charge in [0.15, 0.2) is 0 Å². The minimum absolute atomic E-state index is 0.242. The fourth-order valence-corrected chi connectivity index (χ4v) is 2.83. The number of rotatable bonds is 8. The number of benzene rings is 1. The van der Waals surface area contributed by atoms with Gasteiger partial charge >= 0.3 is 6.09 Å². The number of carbonyl (C=O) groups excluding carboxylic acids is 1. The summed E-state index contributed by atoms with van der Waals surface area (Å²) in [7, 11) is 0. The number of aliphatic hydroxyl groups excluding tert-OH is 1. The molecule has 1 fully saturated rings. The number of nitrogens with zero attached hydrogens (tertiary/aromatic N) is 2. The SMILES string of the molecule is C=CCc1ccccc1OC[C@@H](O)CN1CCN(C(=O)OCC)CC1. The van der Waals surface area contributed by atoms with Gasteiger partial charge in [0.1, 0.15) is 18.5 Å². The largest absolute Gasteiger partial charge is 0.491 e. The van der Waals surface area contributed by atoms with Crippen LogP contribution in [0.2, 0.25) is 0 Å². The highest BCUT2D eigenvalue weighted by Gasteiger charge is 2.23. The zero-order valence-electron chi connectivity index (χ0n) is 14.9. The van der Waals surface area contributed by atoms with Crippen molar-refractivity contribution in [2.24, 2.45) is 0 Å². The molecule has 1 saturated heterocycles. The second-order valence-electron chi connectivity index (χ2n) is 6.05. The number of ether oxygens (including phenoxy) is 2. The van der Waals surface area contributed by atoms with Crippen molar-refractivity contribution < 1.29 is 19.4 Å². The smallest absolute Gasteiger partial charge is 0.409 e. The topological polar surface area (TPSA) is 62.2 Å². The summed E-state index contributed by atoms with van der Waals surface area (Å²) in [5.74, 6) is 0.786. The fourth-order valence-electron chi connectivity index (χ4n) is 2.83. The Morgan fingerprint density at radius 2 is 2.04 bits per heavy atom. The van der Waals surface area contributed by atoms with Gasteiger partial charge in [-0.1, -0.05) is 24.3 Å². The molecule has 1 atom stereocenters. The summed E-state index contributed by atoms with van der Waals surface area (Å²) in [5, 5.41) is 10.3. The Labute approximate surface area is 149 Å². The lowest BCUT2D eigenvalue weighted by molar-refractivity contribution is 0.0406. The summed E-state index contributed by atoms with van der Waals surface area (Å²) in [6.45, 7) is 9.41. The average Bonchev–Trinajstić information content (AvgIpc) is 2.62. The molecule has 6 heteroatoms. The molecule has 1 aromatic carbocycles. The molecule has 25 heavy (non-hydrogen) atoms. The minimum Gasteiger partial charge on any atom is -0.491 e. The lowest BCUT2D eigenvalue weighted by atomic mass is 10.1. The number of para-hydroxylation sites is 1. The molecule has 0 saturated carbocycles. The second-order valence-corrected chi connectivity index (χ2v) is 6.05. The van der Waals surface area contributed by atoms with Crippen LogP contribution < -0.4 is 4.74 Å². The van der Waals surface area contributed by atoms with Gasteiger partial charge in [-0.05, 0) is 25.0 Å². The van der Waals surface area contributed by atoms with E-state index in [1.807, 2.05) is 30.3 Å². The van der Waals surface area contributed by atoms with Crippen LogP contribution in [0.5, 0.6) is 5.75 Å². The third kappa shape index (κ3) is 6.07. The molecule has 0 spiro atoms. The van der Waals surface area contributed by atoms with E-state index in [0.29, 0.717) is 26.2 Å². The quantitative estimate of drug-likeness (QED) is 0.728. The van der Waals surface area contributed by atoms with Crippen molar-refractivity contribution in [2.45, 2.75) is 19.4 Å². The zero-order chi connectivity index (χ0) is 18.1. The number of β-amino-alcohol motifs (C(OH)–C–C–N with tert-alkyl or cyclic N) is 1. The summed E-state index contributed by atoms with van der Waals surface area (Å²) in [6, 6.07) is 7.79. The summed E-state index contributed by atoms with van der Waals surface area (Å²) in [6.07, 6.45) is 1.74.